The van der Waals surface area contributed by atoms with Crippen LogP contribution in [0.2, 0.25) is 0 Å². The number of rotatable bonds is 7. The molecule has 4 aromatic rings. The van der Waals surface area contributed by atoms with E-state index < -0.39 is 0 Å². The lowest BCUT2D eigenvalue weighted by Gasteiger charge is -2.26. The Morgan fingerprint density at radius 3 is 2.31 bits per heavy atom. The molecule has 1 fully saturated rings. The second kappa shape index (κ2) is 10.8. The van der Waals surface area contributed by atoms with Crippen molar-refractivity contribution in [2.24, 2.45) is 5.92 Å². The lowest BCUT2D eigenvalue weighted by Crippen LogP contribution is -2.31. The van der Waals surface area contributed by atoms with Gasteiger partial charge >= 0.3 is 0 Å². The number of pyridine rings is 1. The zero-order valence-corrected chi connectivity index (χ0v) is 20.3. The van der Waals surface area contributed by atoms with Crippen LogP contribution in [0.5, 0.6) is 0 Å². The van der Waals surface area contributed by atoms with Crippen molar-refractivity contribution >= 4 is 16.8 Å². The first-order valence-electron chi connectivity index (χ1n) is 12.8. The quantitative estimate of drug-likeness (QED) is 0.337. The van der Waals surface area contributed by atoms with Crippen molar-refractivity contribution in [3.05, 3.63) is 102 Å². The molecule has 4 heteroatoms. The fraction of sp³-hybridized carbons (Fsp3) is 0.290. The standard InChI is InChI=1S/C31H33N3O/c1-2-27(23-11-5-3-6-12-23)34-31(35)29-25-15-9-10-16-28(25)33-30(24-13-7-4-8-14-24)26(29)21-22-17-19-32-20-18-22/h3-16,22,27,32H,2,17-21H2,1H3,(H,34,35). The molecule has 1 atom stereocenters. The number of hydrogen-bond acceptors (Lipinski definition) is 3. The van der Waals surface area contributed by atoms with E-state index in [2.05, 4.69) is 41.8 Å². The van der Waals surface area contributed by atoms with E-state index in [4.69, 9.17) is 4.98 Å². The third-order valence-corrected chi connectivity index (χ3v) is 7.13. The van der Waals surface area contributed by atoms with Gasteiger partial charge in [-0.25, -0.2) is 4.98 Å². The molecule has 3 aromatic carbocycles. The zero-order chi connectivity index (χ0) is 24.0. The molecule has 0 radical (unpaired) electrons. The summed E-state index contributed by atoms with van der Waals surface area (Å²) in [7, 11) is 0. The zero-order valence-electron chi connectivity index (χ0n) is 20.3. The van der Waals surface area contributed by atoms with Crippen molar-refractivity contribution in [3.63, 3.8) is 0 Å². The molecule has 35 heavy (non-hydrogen) atoms. The summed E-state index contributed by atoms with van der Waals surface area (Å²) in [5.74, 6) is 0.518. The van der Waals surface area contributed by atoms with Crippen LogP contribution in [0, 0.1) is 5.92 Å². The molecule has 5 rings (SSSR count). The lowest BCUT2D eigenvalue weighted by molar-refractivity contribution is 0.0936. The maximum atomic E-state index is 14.1. The summed E-state index contributed by atoms with van der Waals surface area (Å²) in [5, 5.41) is 7.77. The summed E-state index contributed by atoms with van der Waals surface area (Å²) < 4.78 is 0. The van der Waals surface area contributed by atoms with Gasteiger partial charge in [0.1, 0.15) is 0 Å². The molecule has 1 aliphatic heterocycles. The molecule has 178 valence electrons. The monoisotopic (exact) mass is 463 g/mol. The average Bonchev–Trinajstić information content (AvgIpc) is 2.92. The molecule has 2 N–H and O–H groups in total. The van der Waals surface area contributed by atoms with Crippen molar-refractivity contribution < 1.29 is 4.79 Å². The van der Waals surface area contributed by atoms with Crippen LogP contribution >= 0.6 is 0 Å². The van der Waals surface area contributed by atoms with E-state index in [0.717, 1.165) is 77.6 Å². The Morgan fingerprint density at radius 1 is 0.943 bits per heavy atom. The number of carbonyl (C=O) groups excluding carboxylic acids is 1. The van der Waals surface area contributed by atoms with Gasteiger partial charge in [-0.15, -0.1) is 0 Å². The van der Waals surface area contributed by atoms with Gasteiger partial charge in [-0.05, 0) is 61.9 Å². The summed E-state index contributed by atoms with van der Waals surface area (Å²) in [6.45, 7) is 4.17. The predicted molar refractivity (Wildman–Crippen MR) is 143 cm³/mol. The van der Waals surface area contributed by atoms with Gasteiger partial charge in [0.15, 0.2) is 0 Å². The first-order chi connectivity index (χ1) is 17.2. The topological polar surface area (TPSA) is 54.0 Å². The van der Waals surface area contributed by atoms with E-state index in [1.54, 1.807) is 0 Å². The van der Waals surface area contributed by atoms with Gasteiger partial charge in [0.2, 0.25) is 0 Å². The number of piperidine rings is 1. The molecular weight excluding hydrogens is 430 g/mol. The molecular formula is C31H33N3O. The fourth-order valence-corrected chi connectivity index (χ4v) is 5.26. The summed E-state index contributed by atoms with van der Waals surface area (Å²) in [6.07, 6.45) is 3.91. The van der Waals surface area contributed by atoms with Crippen molar-refractivity contribution in [1.29, 1.82) is 0 Å². The molecule has 0 spiro atoms. The molecule has 2 heterocycles. The number of fused-ring (bicyclic) bond motifs is 1. The van der Waals surface area contributed by atoms with E-state index in [-0.39, 0.29) is 11.9 Å². The fourth-order valence-electron chi connectivity index (χ4n) is 5.26. The summed E-state index contributed by atoms with van der Waals surface area (Å²) in [4.78, 5) is 19.2. The van der Waals surface area contributed by atoms with Crippen LogP contribution in [0.25, 0.3) is 22.2 Å². The molecule has 0 saturated carbocycles. The number of carbonyl (C=O) groups is 1. The Labute approximate surface area is 207 Å². The van der Waals surface area contributed by atoms with Crippen molar-refractivity contribution in [1.82, 2.24) is 15.6 Å². The predicted octanol–water partition coefficient (Wildman–Crippen LogP) is 6.33. The van der Waals surface area contributed by atoms with Gasteiger partial charge in [0.05, 0.1) is 22.8 Å². The average molecular weight is 464 g/mol. The molecule has 0 aliphatic carbocycles. The van der Waals surface area contributed by atoms with Crippen LogP contribution in [0.4, 0.5) is 0 Å². The minimum absolute atomic E-state index is 0.0135. The molecule has 1 amide bonds. The molecule has 4 nitrogen and oxygen atoms in total. The molecule has 1 unspecified atom stereocenters. The highest BCUT2D eigenvalue weighted by Crippen LogP contribution is 2.34. The Hall–Kier alpha value is -3.50. The Morgan fingerprint density at radius 2 is 1.60 bits per heavy atom. The summed E-state index contributed by atoms with van der Waals surface area (Å²) >= 11 is 0. The van der Waals surface area contributed by atoms with Gasteiger partial charge in [-0.1, -0.05) is 85.8 Å². The number of para-hydroxylation sites is 1. The Bertz CT molecular complexity index is 1280. The highest BCUT2D eigenvalue weighted by Gasteiger charge is 2.26. The van der Waals surface area contributed by atoms with Crippen molar-refractivity contribution in [2.75, 3.05) is 13.1 Å². The van der Waals surface area contributed by atoms with E-state index in [9.17, 15) is 4.79 Å². The second-order valence-electron chi connectivity index (χ2n) is 9.44. The number of benzene rings is 3. The lowest BCUT2D eigenvalue weighted by atomic mass is 9.85. The van der Waals surface area contributed by atoms with E-state index >= 15 is 0 Å². The van der Waals surface area contributed by atoms with Gasteiger partial charge in [-0.3, -0.25) is 4.79 Å². The van der Waals surface area contributed by atoms with Gasteiger partial charge in [0.25, 0.3) is 5.91 Å². The molecule has 0 bridgehead atoms. The van der Waals surface area contributed by atoms with Gasteiger partial charge < -0.3 is 10.6 Å². The third kappa shape index (κ3) is 5.13. The molecule has 1 aliphatic rings. The van der Waals surface area contributed by atoms with Crippen LogP contribution in [0.1, 0.15) is 53.7 Å². The normalized spacial score (nSPS) is 15.1. The van der Waals surface area contributed by atoms with Crippen LogP contribution in [0.3, 0.4) is 0 Å². The largest absolute Gasteiger partial charge is 0.345 e. The third-order valence-electron chi connectivity index (χ3n) is 7.13. The van der Waals surface area contributed by atoms with E-state index in [1.807, 2.05) is 60.7 Å². The number of amides is 1. The summed E-state index contributed by atoms with van der Waals surface area (Å²) in [5.41, 5.74) is 5.83. The van der Waals surface area contributed by atoms with Crippen molar-refractivity contribution in [3.8, 4) is 11.3 Å². The first kappa shape index (κ1) is 23.3. The van der Waals surface area contributed by atoms with Gasteiger partial charge in [0, 0.05) is 10.9 Å². The minimum Gasteiger partial charge on any atom is -0.345 e. The maximum Gasteiger partial charge on any atom is 0.252 e. The number of hydrogen-bond donors (Lipinski definition) is 2. The maximum absolute atomic E-state index is 14.1. The second-order valence-corrected chi connectivity index (χ2v) is 9.44. The van der Waals surface area contributed by atoms with Crippen LogP contribution in [0.15, 0.2) is 84.9 Å². The Balaban J connectivity index is 1.65. The van der Waals surface area contributed by atoms with Crippen LogP contribution in [-0.4, -0.2) is 24.0 Å². The number of nitrogens with one attached hydrogen (secondary N) is 2. The summed E-state index contributed by atoms with van der Waals surface area (Å²) in [6, 6.07) is 28.6. The van der Waals surface area contributed by atoms with Crippen LogP contribution in [-0.2, 0) is 6.42 Å². The molecule has 1 saturated heterocycles. The van der Waals surface area contributed by atoms with E-state index in [1.165, 1.54) is 0 Å². The number of nitrogens with zero attached hydrogens (tertiary/aromatic N) is 1. The van der Waals surface area contributed by atoms with Crippen LogP contribution < -0.4 is 10.6 Å². The van der Waals surface area contributed by atoms with Gasteiger partial charge in [-0.2, -0.15) is 0 Å². The Kier molecular flexibility index (Phi) is 7.20. The van der Waals surface area contributed by atoms with E-state index in [0.29, 0.717) is 5.92 Å². The molecule has 1 aromatic heterocycles. The highest BCUT2D eigenvalue weighted by atomic mass is 16.1. The smallest absolute Gasteiger partial charge is 0.252 e. The number of aromatic nitrogens is 1. The van der Waals surface area contributed by atoms with Crippen molar-refractivity contribution in [2.45, 2.75) is 38.6 Å². The first-order valence-corrected chi connectivity index (χ1v) is 12.8. The SMILES string of the molecule is CCC(NC(=O)c1c(CC2CCNCC2)c(-c2ccccc2)nc2ccccc12)c1ccccc1. The highest BCUT2D eigenvalue weighted by molar-refractivity contribution is 6.09. The minimum atomic E-state index is -0.0393.